The number of nitrogens with zero attached hydrogens (tertiary/aromatic N) is 2. The Bertz CT molecular complexity index is 1200. The molecule has 6 nitrogen and oxygen atoms in total. The first-order valence-corrected chi connectivity index (χ1v) is 10.7. The highest BCUT2D eigenvalue weighted by molar-refractivity contribution is 5.85. The van der Waals surface area contributed by atoms with Gasteiger partial charge in [0.05, 0.1) is 0 Å². The first-order valence-electron chi connectivity index (χ1n) is 10.7. The summed E-state index contributed by atoms with van der Waals surface area (Å²) < 4.78 is 0. The number of hydrogen-bond acceptors (Lipinski definition) is 6. The quantitative estimate of drug-likeness (QED) is 0.219. The molecule has 0 spiro atoms. The Morgan fingerprint density at radius 3 is 1.26 bits per heavy atom. The van der Waals surface area contributed by atoms with E-state index in [0.29, 0.717) is 11.1 Å². The number of phenols is 4. The zero-order valence-electron chi connectivity index (χ0n) is 18.2. The van der Waals surface area contributed by atoms with E-state index in [9.17, 15) is 20.4 Å². The molecule has 0 amide bonds. The van der Waals surface area contributed by atoms with Crippen LogP contribution in [0, 0.1) is 0 Å². The number of benzene rings is 4. The van der Waals surface area contributed by atoms with E-state index in [1.807, 2.05) is 60.7 Å². The lowest BCUT2D eigenvalue weighted by molar-refractivity contribution is 0.459. The van der Waals surface area contributed by atoms with E-state index in [4.69, 9.17) is 9.98 Å². The van der Waals surface area contributed by atoms with Gasteiger partial charge in [0.25, 0.3) is 0 Å². The fraction of sp³-hybridized carbons (Fsp3) is 0.0714. The van der Waals surface area contributed by atoms with Crippen LogP contribution in [0.15, 0.2) is 107 Å². The molecule has 0 saturated heterocycles. The van der Waals surface area contributed by atoms with E-state index in [1.54, 1.807) is 0 Å². The number of hydrogen-bond donors (Lipinski definition) is 4. The Balaban J connectivity index is 1.81. The molecule has 170 valence electrons. The van der Waals surface area contributed by atoms with Gasteiger partial charge in [-0.05, 0) is 47.5 Å². The molecule has 0 unspecified atom stereocenters. The van der Waals surface area contributed by atoms with E-state index in [-0.39, 0.29) is 23.0 Å². The molecule has 0 aliphatic carbocycles. The van der Waals surface area contributed by atoms with Crippen LogP contribution in [-0.4, -0.2) is 32.9 Å². The molecule has 0 radical (unpaired) electrons. The summed E-state index contributed by atoms with van der Waals surface area (Å²) in [5.74, 6) is 0.0376. The summed E-state index contributed by atoms with van der Waals surface area (Å²) >= 11 is 0. The predicted molar refractivity (Wildman–Crippen MR) is 133 cm³/mol. The Morgan fingerprint density at radius 2 is 0.882 bits per heavy atom. The van der Waals surface area contributed by atoms with Crippen molar-refractivity contribution in [2.75, 3.05) is 0 Å². The average molecular weight is 453 g/mol. The summed E-state index contributed by atoms with van der Waals surface area (Å²) in [6, 6.07) is 26.8. The van der Waals surface area contributed by atoms with Crippen molar-refractivity contribution in [1.82, 2.24) is 0 Å². The maximum absolute atomic E-state index is 10.2. The fourth-order valence-electron chi connectivity index (χ4n) is 3.61. The van der Waals surface area contributed by atoms with E-state index in [1.165, 1.54) is 48.8 Å². The second-order valence-electron chi connectivity index (χ2n) is 7.75. The summed E-state index contributed by atoms with van der Waals surface area (Å²) in [7, 11) is 0. The first-order chi connectivity index (χ1) is 16.5. The highest BCUT2D eigenvalue weighted by Gasteiger charge is 2.23. The van der Waals surface area contributed by atoms with Crippen molar-refractivity contribution in [2.45, 2.75) is 12.1 Å². The lowest BCUT2D eigenvalue weighted by Gasteiger charge is -2.22. The molecular weight excluding hydrogens is 428 g/mol. The Hall–Kier alpha value is -4.58. The highest BCUT2D eigenvalue weighted by Crippen LogP contribution is 2.36. The number of aliphatic imine (C=N–C) groups is 2. The Labute approximate surface area is 197 Å². The monoisotopic (exact) mass is 452 g/mol. The minimum Gasteiger partial charge on any atom is -0.508 e. The van der Waals surface area contributed by atoms with Crippen LogP contribution < -0.4 is 0 Å². The second-order valence-corrected chi connectivity index (χ2v) is 7.75. The Kier molecular flexibility index (Phi) is 6.89. The van der Waals surface area contributed by atoms with Crippen molar-refractivity contribution in [2.24, 2.45) is 9.98 Å². The highest BCUT2D eigenvalue weighted by atomic mass is 16.3. The molecule has 4 rings (SSSR count). The molecule has 0 saturated carbocycles. The van der Waals surface area contributed by atoms with Crippen LogP contribution in [0.3, 0.4) is 0 Å². The lowest BCUT2D eigenvalue weighted by atomic mass is 9.94. The average Bonchev–Trinajstić information content (AvgIpc) is 2.86. The SMILES string of the molecule is Oc1ccc(O)c(C=N[C@H](c2ccccc2)[C@H](N=Cc2cc(O)ccc2O)c2ccccc2)c1. The van der Waals surface area contributed by atoms with Crippen molar-refractivity contribution in [3.05, 3.63) is 119 Å². The van der Waals surface area contributed by atoms with Gasteiger partial charge in [0, 0.05) is 23.6 Å². The van der Waals surface area contributed by atoms with Gasteiger partial charge in [0.2, 0.25) is 0 Å². The minimum atomic E-state index is -0.485. The molecule has 0 fully saturated rings. The van der Waals surface area contributed by atoms with Crippen LogP contribution in [0.2, 0.25) is 0 Å². The summed E-state index contributed by atoms with van der Waals surface area (Å²) in [5.41, 5.74) is 2.54. The standard InChI is InChI=1S/C28H24N2O4/c31-23-11-13-25(33)21(15-23)17-29-27(19-7-3-1-4-8-19)28(20-9-5-2-6-10-20)30-18-22-16-24(32)12-14-26(22)34/h1-18,27-28,31-34H/t27-,28-/m1/s1. The van der Waals surface area contributed by atoms with Gasteiger partial charge < -0.3 is 20.4 Å². The minimum absolute atomic E-state index is 0.00203. The third-order valence-electron chi connectivity index (χ3n) is 5.35. The molecule has 2 atom stereocenters. The molecule has 0 bridgehead atoms. The smallest absolute Gasteiger partial charge is 0.124 e. The van der Waals surface area contributed by atoms with Gasteiger partial charge in [-0.2, -0.15) is 0 Å². The lowest BCUT2D eigenvalue weighted by Crippen LogP contribution is -2.09. The van der Waals surface area contributed by atoms with Crippen LogP contribution in [0.1, 0.15) is 34.3 Å². The normalized spacial score (nSPS) is 13.3. The summed E-state index contributed by atoms with van der Waals surface area (Å²) in [6.45, 7) is 0. The van der Waals surface area contributed by atoms with Gasteiger partial charge in [-0.3, -0.25) is 9.98 Å². The molecule has 0 aliphatic heterocycles. The van der Waals surface area contributed by atoms with Gasteiger partial charge in [-0.15, -0.1) is 0 Å². The third kappa shape index (κ3) is 5.42. The number of aromatic hydroxyl groups is 4. The van der Waals surface area contributed by atoms with Crippen LogP contribution in [0.4, 0.5) is 0 Å². The number of phenolic OH excluding ortho intramolecular Hbond substituents is 4. The molecule has 4 aromatic rings. The van der Waals surface area contributed by atoms with Crippen molar-refractivity contribution in [3.8, 4) is 23.0 Å². The van der Waals surface area contributed by atoms with Crippen molar-refractivity contribution in [1.29, 1.82) is 0 Å². The van der Waals surface area contributed by atoms with Crippen LogP contribution >= 0.6 is 0 Å². The topological polar surface area (TPSA) is 106 Å². The summed E-state index contributed by atoms with van der Waals surface area (Å²) in [4.78, 5) is 9.55. The molecule has 34 heavy (non-hydrogen) atoms. The van der Waals surface area contributed by atoms with Gasteiger partial charge in [-0.25, -0.2) is 0 Å². The zero-order valence-corrected chi connectivity index (χ0v) is 18.2. The Morgan fingerprint density at radius 1 is 0.500 bits per heavy atom. The molecule has 4 aromatic carbocycles. The van der Waals surface area contributed by atoms with Gasteiger partial charge in [0.1, 0.15) is 35.1 Å². The van der Waals surface area contributed by atoms with E-state index in [2.05, 4.69) is 0 Å². The summed E-state index contributed by atoms with van der Waals surface area (Å²) in [5, 5.41) is 40.0. The summed E-state index contributed by atoms with van der Waals surface area (Å²) in [6.07, 6.45) is 3.04. The van der Waals surface area contributed by atoms with Crippen molar-refractivity contribution < 1.29 is 20.4 Å². The van der Waals surface area contributed by atoms with Crippen molar-refractivity contribution >= 4 is 12.4 Å². The molecule has 4 N–H and O–H groups in total. The largest absolute Gasteiger partial charge is 0.508 e. The molecule has 0 aromatic heterocycles. The maximum atomic E-state index is 10.2. The number of rotatable bonds is 7. The third-order valence-corrected chi connectivity index (χ3v) is 5.35. The van der Waals surface area contributed by atoms with Gasteiger partial charge in [0.15, 0.2) is 0 Å². The second kappa shape index (κ2) is 10.4. The molecule has 0 heterocycles. The first kappa shape index (κ1) is 22.6. The maximum Gasteiger partial charge on any atom is 0.124 e. The van der Waals surface area contributed by atoms with E-state index >= 15 is 0 Å². The fourth-order valence-corrected chi connectivity index (χ4v) is 3.61. The molecular formula is C28H24N2O4. The van der Waals surface area contributed by atoms with Gasteiger partial charge >= 0.3 is 0 Å². The van der Waals surface area contributed by atoms with Crippen molar-refractivity contribution in [3.63, 3.8) is 0 Å². The van der Waals surface area contributed by atoms with Crippen LogP contribution in [-0.2, 0) is 0 Å². The van der Waals surface area contributed by atoms with E-state index < -0.39 is 12.1 Å². The van der Waals surface area contributed by atoms with E-state index in [0.717, 1.165) is 11.1 Å². The molecule has 0 aliphatic rings. The zero-order chi connectivity index (χ0) is 23.9. The van der Waals surface area contributed by atoms with Crippen LogP contribution in [0.25, 0.3) is 0 Å². The molecule has 6 heteroatoms. The van der Waals surface area contributed by atoms with Crippen LogP contribution in [0.5, 0.6) is 23.0 Å². The predicted octanol–water partition coefficient (Wildman–Crippen LogP) is 5.53. The van der Waals surface area contributed by atoms with Gasteiger partial charge in [-0.1, -0.05) is 60.7 Å².